The topological polar surface area (TPSA) is 45.4 Å². The Morgan fingerprint density at radius 3 is 2.90 bits per heavy atom. The van der Waals surface area contributed by atoms with Crippen LogP contribution in [0.1, 0.15) is 13.3 Å². The molecule has 0 aliphatic carbocycles. The van der Waals surface area contributed by atoms with E-state index in [0.717, 1.165) is 42.0 Å². The molecule has 0 amide bonds. The first-order valence-corrected chi connectivity index (χ1v) is 7.29. The number of pyridine rings is 1. The van der Waals surface area contributed by atoms with E-state index in [1.165, 1.54) is 6.42 Å². The summed E-state index contributed by atoms with van der Waals surface area (Å²) in [5.41, 5.74) is 7.62. The van der Waals surface area contributed by atoms with Crippen LogP contribution in [0.4, 0.5) is 11.5 Å². The summed E-state index contributed by atoms with van der Waals surface area (Å²) in [7, 11) is 2.21. The fourth-order valence-corrected chi connectivity index (χ4v) is 2.90. The largest absolute Gasteiger partial charge is 0.399 e. The number of aromatic nitrogens is 1. The number of fused-ring (bicyclic) bond motifs is 1. The Labute approximate surface area is 120 Å². The van der Waals surface area contributed by atoms with Gasteiger partial charge < -0.3 is 10.6 Å². The minimum Gasteiger partial charge on any atom is -0.399 e. The number of nitrogen functional groups attached to an aromatic ring is 1. The van der Waals surface area contributed by atoms with Crippen LogP contribution >= 0.6 is 0 Å². The Hall–Kier alpha value is -1.81. The molecular formula is C16H22N4. The summed E-state index contributed by atoms with van der Waals surface area (Å²) in [6, 6.07) is 10.7. The van der Waals surface area contributed by atoms with Crippen molar-refractivity contribution < 1.29 is 0 Å². The van der Waals surface area contributed by atoms with Gasteiger partial charge >= 0.3 is 0 Å². The van der Waals surface area contributed by atoms with Gasteiger partial charge in [0, 0.05) is 36.7 Å². The highest BCUT2D eigenvalue weighted by Gasteiger charge is 2.23. The van der Waals surface area contributed by atoms with E-state index < -0.39 is 0 Å². The molecule has 2 aromatic rings. The first-order chi connectivity index (χ1) is 9.67. The molecule has 1 aliphatic rings. The molecule has 2 N–H and O–H groups in total. The van der Waals surface area contributed by atoms with Crippen molar-refractivity contribution in [2.75, 3.05) is 37.3 Å². The van der Waals surface area contributed by atoms with Gasteiger partial charge in [0.05, 0.1) is 5.52 Å². The molecule has 4 nitrogen and oxygen atoms in total. The summed E-state index contributed by atoms with van der Waals surface area (Å²) in [6.07, 6.45) is 1.18. The maximum Gasteiger partial charge on any atom is 0.129 e. The molecule has 106 valence electrons. The molecule has 0 spiro atoms. The summed E-state index contributed by atoms with van der Waals surface area (Å²) in [5, 5.41) is 1.11. The molecule has 1 unspecified atom stereocenters. The summed E-state index contributed by atoms with van der Waals surface area (Å²) in [6.45, 7) is 5.45. The van der Waals surface area contributed by atoms with E-state index in [1.54, 1.807) is 0 Å². The zero-order valence-electron chi connectivity index (χ0n) is 12.2. The van der Waals surface area contributed by atoms with Gasteiger partial charge in [0.1, 0.15) is 5.82 Å². The fraction of sp³-hybridized carbons (Fsp3) is 0.438. The van der Waals surface area contributed by atoms with Gasteiger partial charge in [-0.25, -0.2) is 4.98 Å². The number of anilines is 2. The maximum absolute atomic E-state index is 5.81. The standard InChI is InChI=1S/C16H22N4/c1-3-14-11-20(9-8-19(14)2)16-7-4-12-10-13(17)5-6-15(12)18-16/h4-7,10,14H,3,8-9,11,17H2,1-2H3. The van der Waals surface area contributed by atoms with E-state index in [1.807, 2.05) is 18.2 Å². The van der Waals surface area contributed by atoms with Crippen molar-refractivity contribution in [3.63, 3.8) is 0 Å². The lowest BCUT2D eigenvalue weighted by Crippen LogP contribution is -2.51. The fourth-order valence-electron chi connectivity index (χ4n) is 2.90. The zero-order chi connectivity index (χ0) is 14.1. The molecule has 1 saturated heterocycles. The van der Waals surface area contributed by atoms with Crippen LogP contribution in [0.2, 0.25) is 0 Å². The van der Waals surface area contributed by atoms with E-state index in [2.05, 4.69) is 35.9 Å². The Bertz CT molecular complexity index is 610. The van der Waals surface area contributed by atoms with Crippen LogP contribution in [-0.4, -0.2) is 42.6 Å². The van der Waals surface area contributed by atoms with Gasteiger partial charge in [-0.2, -0.15) is 0 Å². The monoisotopic (exact) mass is 270 g/mol. The van der Waals surface area contributed by atoms with E-state index in [0.29, 0.717) is 6.04 Å². The van der Waals surface area contributed by atoms with E-state index >= 15 is 0 Å². The van der Waals surface area contributed by atoms with Gasteiger partial charge in [-0.1, -0.05) is 6.92 Å². The summed E-state index contributed by atoms with van der Waals surface area (Å²) in [4.78, 5) is 9.62. The van der Waals surface area contributed by atoms with Gasteiger partial charge in [0.15, 0.2) is 0 Å². The van der Waals surface area contributed by atoms with Crippen LogP contribution in [0.5, 0.6) is 0 Å². The number of benzene rings is 1. The molecule has 3 rings (SSSR count). The second-order valence-corrected chi connectivity index (χ2v) is 5.61. The quantitative estimate of drug-likeness (QED) is 0.851. The van der Waals surface area contributed by atoms with Gasteiger partial charge in [-0.15, -0.1) is 0 Å². The van der Waals surface area contributed by atoms with Crippen molar-refractivity contribution in [3.8, 4) is 0 Å². The maximum atomic E-state index is 5.81. The summed E-state index contributed by atoms with van der Waals surface area (Å²) >= 11 is 0. The Kier molecular flexibility index (Phi) is 3.49. The van der Waals surface area contributed by atoms with Crippen molar-refractivity contribution in [1.82, 2.24) is 9.88 Å². The number of hydrogen-bond acceptors (Lipinski definition) is 4. The predicted octanol–water partition coefficient (Wildman–Crippen LogP) is 2.35. The number of likely N-dealkylation sites (N-methyl/N-ethyl adjacent to an activating group) is 1. The van der Waals surface area contributed by atoms with Crippen LogP contribution in [0, 0.1) is 0 Å². The lowest BCUT2D eigenvalue weighted by Gasteiger charge is -2.39. The molecule has 20 heavy (non-hydrogen) atoms. The van der Waals surface area contributed by atoms with Crippen molar-refractivity contribution in [2.24, 2.45) is 0 Å². The Balaban J connectivity index is 1.88. The molecule has 0 bridgehead atoms. The highest BCUT2D eigenvalue weighted by Crippen LogP contribution is 2.22. The minimum absolute atomic E-state index is 0.618. The van der Waals surface area contributed by atoms with E-state index in [9.17, 15) is 0 Å². The zero-order valence-corrected chi connectivity index (χ0v) is 12.2. The second-order valence-electron chi connectivity index (χ2n) is 5.61. The third-order valence-electron chi connectivity index (χ3n) is 4.27. The third-order valence-corrected chi connectivity index (χ3v) is 4.27. The van der Waals surface area contributed by atoms with Gasteiger partial charge in [0.25, 0.3) is 0 Å². The predicted molar refractivity (Wildman–Crippen MR) is 85.1 cm³/mol. The molecule has 4 heteroatoms. The smallest absolute Gasteiger partial charge is 0.129 e. The molecule has 1 aromatic heterocycles. The average Bonchev–Trinajstić information content (AvgIpc) is 2.47. The van der Waals surface area contributed by atoms with Crippen LogP contribution in [0.25, 0.3) is 10.9 Å². The molecule has 0 radical (unpaired) electrons. The van der Waals surface area contributed by atoms with Crippen molar-refractivity contribution in [3.05, 3.63) is 30.3 Å². The summed E-state index contributed by atoms with van der Waals surface area (Å²) in [5.74, 6) is 1.08. The Morgan fingerprint density at radius 1 is 1.25 bits per heavy atom. The summed E-state index contributed by atoms with van der Waals surface area (Å²) < 4.78 is 0. The van der Waals surface area contributed by atoms with Gasteiger partial charge in [0.2, 0.25) is 0 Å². The van der Waals surface area contributed by atoms with Crippen LogP contribution < -0.4 is 10.6 Å². The van der Waals surface area contributed by atoms with Crippen LogP contribution in [0.15, 0.2) is 30.3 Å². The van der Waals surface area contributed by atoms with Crippen LogP contribution in [0.3, 0.4) is 0 Å². The number of nitrogens with two attached hydrogens (primary N) is 1. The van der Waals surface area contributed by atoms with Crippen LogP contribution in [-0.2, 0) is 0 Å². The lowest BCUT2D eigenvalue weighted by molar-refractivity contribution is 0.213. The normalized spacial score (nSPS) is 20.5. The number of rotatable bonds is 2. The highest BCUT2D eigenvalue weighted by molar-refractivity contribution is 5.83. The SMILES string of the molecule is CCC1CN(c2ccc3cc(N)ccc3n2)CCN1C. The van der Waals surface area contributed by atoms with Gasteiger partial charge in [-0.05, 0) is 43.8 Å². The molecule has 1 atom stereocenters. The average molecular weight is 270 g/mol. The second kappa shape index (κ2) is 5.29. The first-order valence-electron chi connectivity index (χ1n) is 7.29. The van der Waals surface area contributed by atoms with Gasteiger partial charge in [-0.3, -0.25) is 4.90 Å². The minimum atomic E-state index is 0.618. The highest BCUT2D eigenvalue weighted by atomic mass is 15.3. The molecule has 2 heterocycles. The molecule has 0 saturated carbocycles. The van der Waals surface area contributed by atoms with Crippen molar-refractivity contribution >= 4 is 22.4 Å². The lowest BCUT2D eigenvalue weighted by atomic mass is 10.1. The number of nitrogens with zero attached hydrogens (tertiary/aromatic N) is 3. The molecule has 1 fully saturated rings. The van der Waals surface area contributed by atoms with Crippen molar-refractivity contribution in [1.29, 1.82) is 0 Å². The van der Waals surface area contributed by atoms with E-state index in [-0.39, 0.29) is 0 Å². The molecule has 1 aliphatic heterocycles. The first kappa shape index (κ1) is 13.2. The third kappa shape index (κ3) is 2.43. The van der Waals surface area contributed by atoms with E-state index in [4.69, 9.17) is 10.7 Å². The number of piperazine rings is 1. The van der Waals surface area contributed by atoms with Crippen molar-refractivity contribution in [2.45, 2.75) is 19.4 Å². The molecular weight excluding hydrogens is 248 g/mol. The Morgan fingerprint density at radius 2 is 2.10 bits per heavy atom. The number of hydrogen-bond donors (Lipinski definition) is 1. The molecule has 1 aromatic carbocycles.